The van der Waals surface area contributed by atoms with E-state index in [1.165, 1.54) is 24.0 Å². The van der Waals surface area contributed by atoms with Crippen LogP contribution in [0.1, 0.15) is 29.9 Å². The summed E-state index contributed by atoms with van der Waals surface area (Å²) in [7, 11) is 0. The summed E-state index contributed by atoms with van der Waals surface area (Å²) >= 11 is 0. The van der Waals surface area contributed by atoms with Crippen LogP contribution in [0.3, 0.4) is 0 Å². The monoisotopic (exact) mass is 160 g/mol. The molecule has 0 atom stereocenters. The lowest BCUT2D eigenvalue weighted by molar-refractivity contribution is 1.12. The SMILES string of the molecule is NN=Cc1ccccc1C1CC1. The van der Waals surface area contributed by atoms with E-state index in [2.05, 4.69) is 23.3 Å². The van der Waals surface area contributed by atoms with Gasteiger partial charge in [-0.2, -0.15) is 5.10 Å². The maximum atomic E-state index is 5.12. The van der Waals surface area contributed by atoms with Crippen molar-refractivity contribution in [1.29, 1.82) is 0 Å². The van der Waals surface area contributed by atoms with Gasteiger partial charge in [0.1, 0.15) is 0 Å². The van der Waals surface area contributed by atoms with Crippen molar-refractivity contribution in [2.45, 2.75) is 18.8 Å². The van der Waals surface area contributed by atoms with E-state index < -0.39 is 0 Å². The maximum absolute atomic E-state index is 5.12. The molecule has 0 amide bonds. The lowest BCUT2D eigenvalue weighted by atomic mass is 10.0. The zero-order valence-corrected chi connectivity index (χ0v) is 6.90. The molecule has 12 heavy (non-hydrogen) atoms. The average molecular weight is 160 g/mol. The topological polar surface area (TPSA) is 38.4 Å². The Bertz CT molecular complexity index is 300. The minimum Gasteiger partial charge on any atom is -0.323 e. The molecule has 2 heteroatoms. The van der Waals surface area contributed by atoms with Crippen LogP contribution in [0.25, 0.3) is 0 Å². The van der Waals surface area contributed by atoms with E-state index >= 15 is 0 Å². The van der Waals surface area contributed by atoms with Crippen LogP contribution in [0.2, 0.25) is 0 Å². The lowest BCUT2D eigenvalue weighted by Crippen LogP contribution is -1.92. The highest BCUT2D eigenvalue weighted by Gasteiger charge is 2.24. The summed E-state index contributed by atoms with van der Waals surface area (Å²) in [5.41, 5.74) is 2.56. The second-order valence-corrected chi connectivity index (χ2v) is 3.18. The van der Waals surface area contributed by atoms with Gasteiger partial charge in [0.2, 0.25) is 0 Å². The van der Waals surface area contributed by atoms with Crippen molar-refractivity contribution < 1.29 is 0 Å². The lowest BCUT2D eigenvalue weighted by Gasteiger charge is -2.01. The summed E-state index contributed by atoms with van der Waals surface area (Å²) < 4.78 is 0. The van der Waals surface area contributed by atoms with Crippen molar-refractivity contribution in [2.75, 3.05) is 0 Å². The minimum atomic E-state index is 0.763. The van der Waals surface area contributed by atoms with Crippen LogP contribution in [0.15, 0.2) is 29.4 Å². The molecule has 0 saturated heterocycles. The Hall–Kier alpha value is -1.31. The summed E-state index contributed by atoms with van der Waals surface area (Å²) in [4.78, 5) is 0. The first kappa shape index (κ1) is 7.35. The normalized spacial score (nSPS) is 17.0. The number of hydrogen-bond acceptors (Lipinski definition) is 2. The Morgan fingerprint density at radius 3 is 2.75 bits per heavy atom. The molecule has 0 spiro atoms. The summed E-state index contributed by atoms with van der Waals surface area (Å²) in [5, 5.41) is 3.55. The number of nitrogens with zero attached hydrogens (tertiary/aromatic N) is 1. The third-order valence-electron chi connectivity index (χ3n) is 2.23. The quantitative estimate of drug-likeness (QED) is 0.400. The van der Waals surface area contributed by atoms with Crippen molar-refractivity contribution in [2.24, 2.45) is 10.9 Å². The fraction of sp³-hybridized carbons (Fsp3) is 0.300. The van der Waals surface area contributed by atoms with Crippen molar-refractivity contribution in [3.63, 3.8) is 0 Å². The molecule has 2 nitrogen and oxygen atoms in total. The molecule has 1 aromatic rings. The molecule has 0 unspecified atom stereocenters. The molecule has 1 fully saturated rings. The highest BCUT2D eigenvalue weighted by molar-refractivity contribution is 5.81. The molecule has 0 bridgehead atoms. The van der Waals surface area contributed by atoms with Crippen molar-refractivity contribution in [3.8, 4) is 0 Å². The number of hydrazone groups is 1. The molecule has 2 rings (SSSR count). The van der Waals surface area contributed by atoms with E-state index in [1.807, 2.05) is 6.07 Å². The van der Waals surface area contributed by atoms with Gasteiger partial charge in [-0.3, -0.25) is 0 Å². The van der Waals surface area contributed by atoms with Gasteiger partial charge in [-0.05, 0) is 29.9 Å². The van der Waals surface area contributed by atoms with Crippen molar-refractivity contribution >= 4 is 6.21 Å². The van der Waals surface area contributed by atoms with E-state index in [9.17, 15) is 0 Å². The van der Waals surface area contributed by atoms with E-state index in [0.29, 0.717) is 0 Å². The average Bonchev–Trinajstić information content (AvgIpc) is 2.89. The van der Waals surface area contributed by atoms with E-state index in [4.69, 9.17) is 5.84 Å². The summed E-state index contributed by atoms with van der Waals surface area (Å²) in [6, 6.07) is 8.31. The van der Waals surface area contributed by atoms with E-state index in [-0.39, 0.29) is 0 Å². The van der Waals surface area contributed by atoms with Gasteiger partial charge in [-0.1, -0.05) is 24.3 Å². The first-order valence-corrected chi connectivity index (χ1v) is 4.24. The van der Waals surface area contributed by atoms with Gasteiger partial charge < -0.3 is 5.84 Å². The predicted octanol–water partition coefficient (Wildman–Crippen LogP) is 1.86. The molecule has 0 heterocycles. The maximum Gasteiger partial charge on any atom is 0.0540 e. The van der Waals surface area contributed by atoms with Gasteiger partial charge >= 0.3 is 0 Å². The molecule has 1 aliphatic carbocycles. The third-order valence-corrected chi connectivity index (χ3v) is 2.23. The van der Waals surface area contributed by atoms with Crippen LogP contribution in [-0.2, 0) is 0 Å². The Balaban J connectivity index is 2.36. The van der Waals surface area contributed by atoms with Gasteiger partial charge in [-0.25, -0.2) is 0 Å². The fourth-order valence-electron chi connectivity index (χ4n) is 1.47. The van der Waals surface area contributed by atoms with Gasteiger partial charge in [0.05, 0.1) is 6.21 Å². The molecule has 62 valence electrons. The fourth-order valence-corrected chi connectivity index (χ4v) is 1.47. The van der Waals surface area contributed by atoms with Crippen molar-refractivity contribution in [3.05, 3.63) is 35.4 Å². The first-order valence-electron chi connectivity index (χ1n) is 4.24. The minimum absolute atomic E-state index is 0.763. The van der Waals surface area contributed by atoms with Gasteiger partial charge in [-0.15, -0.1) is 0 Å². The predicted molar refractivity (Wildman–Crippen MR) is 50.2 cm³/mol. The van der Waals surface area contributed by atoms with E-state index in [0.717, 1.165) is 5.92 Å². The van der Waals surface area contributed by atoms with Gasteiger partial charge in [0.15, 0.2) is 0 Å². The van der Waals surface area contributed by atoms with E-state index in [1.54, 1.807) is 6.21 Å². The zero-order valence-electron chi connectivity index (χ0n) is 6.90. The van der Waals surface area contributed by atoms with Crippen LogP contribution in [0, 0.1) is 0 Å². The largest absolute Gasteiger partial charge is 0.323 e. The highest BCUT2D eigenvalue weighted by atomic mass is 15.1. The van der Waals surface area contributed by atoms with Gasteiger partial charge in [0, 0.05) is 0 Å². The molecule has 1 aromatic carbocycles. The van der Waals surface area contributed by atoms with Crippen molar-refractivity contribution in [1.82, 2.24) is 0 Å². The Kier molecular flexibility index (Phi) is 1.82. The Labute approximate surface area is 72.1 Å². The smallest absolute Gasteiger partial charge is 0.0540 e. The Morgan fingerprint density at radius 1 is 1.33 bits per heavy atom. The van der Waals surface area contributed by atoms with Crippen LogP contribution in [0.5, 0.6) is 0 Å². The van der Waals surface area contributed by atoms with Crippen LogP contribution < -0.4 is 5.84 Å². The number of rotatable bonds is 2. The zero-order chi connectivity index (χ0) is 8.39. The highest BCUT2D eigenvalue weighted by Crippen LogP contribution is 2.41. The van der Waals surface area contributed by atoms with Crippen LogP contribution in [-0.4, -0.2) is 6.21 Å². The van der Waals surface area contributed by atoms with Gasteiger partial charge in [0.25, 0.3) is 0 Å². The first-order chi connectivity index (χ1) is 5.92. The molecule has 1 aliphatic rings. The molecule has 0 radical (unpaired) electrons. The van der Waals surface area contributed by atoms with Crippen LogP contribution in [0.4, 0.5) is 0 Å². The second kappa shape index (κ2) is 2.97. The summed E-state index contributed by atoms with van der Waals surface area (Å²) in [5.74, 6) is 5.88. The summed E-state index contributed by atoms with van der Waals surface area (Å²) in [6.07, 6.45) is 4.36. The molecular formula is C10H12N2. The standard InChI is InChI=1S/C10H12N2/c11-12-7-9-3-1-2-4-10(9)8-5-6-8/h1-4,7-8H,5-6,11H2. The number of hydrogen-bond donors (Lipinski definition) is 1. The number of benzene rings is 1. The molecular weight excluding hydrogens is 148 g/mol. The third kappa shape index (κ3) is 1.33. The molecule has 0 aliphatic heterocycles. The second-order valence-electron chi connectivity index (χ2n) is 3.18. The number of nitrogens with two attached hydrogens (primary N) is 1. The molecule has 1 saturated carbocycles. The molecule has 2 N–H and O–H groups in total. The Morgan fingerprint density at radius 2 is 2.08 bits per heavy atom. The molecule has 0 aromatic heterocycles. The summed E-state index contributed by atoms with van der Waals surface area (Å²) in [6.45, 7) is 0. The van der Waals surface area contributed by atoms with Crippen LogP contribution >= 0.6 is 0 Å².